The molecule has 1 aliphatic carbocycles. The summed E-state index contributed by atoms with van der Waals surface area (Å²) in [5, 5.41) is -3.26. The molecule has 0 bridgehead atoms. The van der Waals surface area contributed by atoms with Crippen molar-refractivity contribution in [2.75, 3.05) is 6.16 Å². The number of rotatable bonds is 3. The molecule has 0 amide bonds. The summed E-state index contributed by atoms with van der Waals surface area (Å²) < 4.78 is 54.0. The van der Waals surface area contributed by atoms with Gasteiger partial charge in [0.15, 0.2) is 0 Å². The van der Waals surface area contributed by atoms with Gasteiger partial charge in [-0.3, -0.25) is 4.57 Å². The van der Waals surface area contributed by atoms with Crippen LogP contribution in [0, 0.1) is 0 Å². The summed E-state index contributed by atoms with van der Waals surface area (Å²) in [6.45, 7) is -1.80. The molecule has 0 aromatic heterocycles. The van der Waals surface area contributed by atoms with Gasteiger partial charge in [-0.2, -0.15) is 0 Å². The quantitative estimate of drug-likeness (QED) is 0.482. The van der Waals surface area contributed by atoms with Gasteiger partial charge in [0.1, 0.15) is 6.10 Å². The minimum atomic E-state index is -3.62. The van der Waals surface area contributed by atoms with E-state index in [-0.39, 0.29) is 6.16 Å². The number of halogens is 4. The summed E-state index contributed by atoms with van der Waals surface area (Å²) in [4.78, 5) is 0. The van der Waals surface area contributed by atoms with Crippen molar-refractivity contribution in [3.8, 4) is 0 Å². The van der Waals surface area contributed by atoms with Crippen LogP contribution in [0.4, 0.5) is 13.2 Å². The van der Waals surface area contributed by atoms with Crippen LogP contribution in [-0.2, 0) is 9.09 Å². The lowest BCUT2D eigenvalue weighted by molar-refractivity contribution is -0.223. The van der Waals surface area contributed by atoms with E-state index in [2.05, 4.69) is 16.8 Å². The number of hydrogen-bond donors (Lipinski definition) is 1. The predicted octanol–water partition coefficient (Wildman–Crippen LogP) is 3.46. The Morgan fingerprint density at radius 2 is 2.14 bits per heavy atom. The first-order valence-corrected chi connectivity index (χ1v) is 7.22. The van der Waals surface area contributed by atoms with Crippen molar-refractivity contribution in [2.45, 2.75) is 30.5 Å². The number of thiol groups is 1. The van der Waals surface area contributed by atoms with Gasteiger partial charge in [-0.1, -0.05) is 30.8 Å². The minimum Gasteiger partial charge on any atom is -0.313 e. The summed E-state index contributed by atoms with van der Waals surface area (Å²) in [6.07, 6.45) is -2.38. The van der Waals surface area contributed by atoms with Crippen LogP contribution in [0.1, 0.15) is 13.3 Å². The van der Waals surface area contributed by atoms with E-state index >= 15 is 0 Å². The molecular weight excluding hydrogens is 260 g/mol. The first kappa shape index (κ1) is 12.7. The van der Waals surface area contributed by atoms with Crippen molar-refractivity contribution in [1.82, 2.24) is 0 Å². The maximum atomic E-state index is 13.0. The van der Waals surface area contributed by atoms with E-state index in [0.717, 1.165) is 0 Å². The van der Waals surface area contributed by atoms with Crippen molar-refractivity contribution in [3.63, 3.8) is 0 Å². The molecule has 1 aliphatic rings. The molecule has 0 N–H and O–H groups in total. The Bertz CT molecular complexity index is 286. The smallest absolute Gasteiger partial charge is 0.300 e. The van der Waals surface area contributed by atoms with Crippen LogP contribution in [-0.4, -0.2) is 23.3 Å². The average molecular weight is 269 g/mol. The summed E-state index contributed by atoms with van der Waals surface area (Å²) in [5.41, 5.74) is 0. The van der Waals surface area contributed by atoms with E-state index in [0.29, 0.717) is 0 Å². The lowest BCUT2D eigenvalue weighted by atomic mass is 9.88. The lowest BCUT2D eigenvalue weighted by Crippen LogP contribution is -2.62. The van der Waals surface area contributed by atoms with Crippen LogP contribution >= 0.6 is 30.4 Å². The first-order valence-electron chi connectivity index (χ1n) is 3.88. The zero-order chi connectivity index (χ0) is 11.2. The van der Waals surface area contributed by atoms with Gasteiger partial charge in [0.2, 0.25) is 0 Å². The summed E-state index contributed by atoms with van der Waals surface area (Å²) in [5.74, 6) is -3.62. The molecule has 14 heavy (non-hydrogen) atoms. The second kappa shape index (κ2) is 3.58. The van der Waals surface area contributed by atoms with E-state index in [1.165, 1.54) is 6.92 Å². The third-order valence-electron chi connectivity index (χ3n) is 2.03. The summed E-state index contributed by atoms with van der Waals surface area (Å²) in [6, 6.07) is 0. The third-order valence-corrected chi connectivity index (χ3v) is 5.06. The van der Waals surface area contributed by atoms with Crippen LogP contribution < -0.4 is 0 Å². The lowest BCUT2D eigenvalue weighted by Gasteiger charge is -2.45. The zero-order valence-corrected chi connectivity index (χ0v) is 9.76. The number of alkyl halides is 4. The van der Waals surface area contributed by atoms with Gasteiger partial charge in [0.05, 0.1) is 0 Å². The standard InChI is InChI=1S/C6H9ClF3O2PS/c1-2-13(11,14)12-4-3-5(8,9)6(4,7)10/h4H,2-3H2,1H3,(H,11,14). The van der Waals surface area contributed by atoms with Crippen molar-refractivity contribution < 1.29 is 22.3 Å². The van der Waals surface area contributed by atoms with Gasteiger partial charge < -0.3 is 4.52 Å². The summed E-state index contributed by atoms with van der Waals surface area (Å²) in [7, 11) is 0. The first-order chi connectivity index (χ1) is 6.12. The Kier molecular flexibility index (Phi) is 3.24. The molecule has 1 fully saturated rings. The normalized spacial score (nSPS) is 40.0. The monoisotopic (exact) mass is 268 g/mol. The highest BCUT2D eigenvalue weighted by Gasteiger charge is 2.71. The molecule has 0 saturated heterocycles. The van der Waals surface area contributed by atoms with Gasteiger partial charge >= 0.3 is 5.92 Å². The molecule has 3 unspecified atom stereocenters. The summed E-state index contributed by atoms with van der Waals surface area (Å²) >= 11 is 8.54. The predicted molar refractivity (Wildman–Crippen MR) is 51.3 cm³/mol. The van der Waals surface area contributed by atoms with E-state index in [9.17, 15) is 17.7 Å². The molecule has 8 heteroatoms. The molecule has 2 nitrogen and oxygen atoms in total. The highest BCUT2D eigenvalue weighted by molar-refractivity contribution is 8.46. The van der Waals surface area contributed by atoms with Crippen molar-refractivity contribution in [1.29, 1.82) is 0 Å². The Morgan fingerprint density at radius 3 is 2.43 bits per heavy atom. The SMILES string of the molecule is CCP(=O)(S)OC1CC(F)(F)C1(F)Cl. The molecule has 84 valence electrons. The molecule has 3 atom stereocenters. The van der Waals surface area contributed by atoms with Crippen molar-refractivity contribution in [3.05, 3.63) is 0 Å². The van der Waals surface area contributed by atoms with Gasteiger partial charge in [-0.15, -0.1) is 0 Å². The van der Waals surface area contributed by atoms with Crippen LogP contribution in [0.25, 0.3) is 0 Å². The fourth-order valence-electron chi connectivity index (χ4n) is 0.978. The average Bonchev–Trinajstić information content (AvgIpc) is 2.03. The van der Waals surface area contributed by atoms with E-state index < -0.39 is 30.1 Å². The molecule has 0 heterocycles. The van der Waals surface area contributed by atoms with Gasteiger partial charge in [0.25, 0.3) is 11.7 Å². The van der Waals surface area contributed by atoms with Crippen LogP contribution in [0.15, 0.2) is 0 Å². The molecule has 1 saturated carbocycles. The van der Waals surface area contributed by atoms with E-state index in [1.807, 2.05) is 0 Å². The van der Waals surface area contributed by atoms with E-state index in [4.69, 9.17) is 11.6 Å². The Hall–Kier alpha value is 0.620. The van der Waals surface area contributed by atoms with E-state index in [1.54, 1.807) is 0 Å². The molecular formula is C6H9ClF3O2PS. The van der Waals surface area contributed by atoms with Gasteiger partial charge in [-0.25, -0.2) is 13.2 Å². The largest absolute Gasteiger partial charge is 0.313 e. The van der Waals surface area contributed by atoms with Gasteiger partial charge in [-0.05, 0) is 0 Å². The molecule has 0 aromatic carbocycles. The van der Waals surface area contributed by atoms with Crippen molar-refractivity contribution in [2.24, 2.45) is 0 Å². The van der Waals surface area contributed by atoms with Crippen LogP contribution in [0.5, 0.6) is 0 Å². The fourth-order valence-corrected chi connectivity index (χ4v) is 2.35. The molecule has 1 rings (SSSR count). The maximum absolute atomic E-state index is 13.0. The molecule has 0 aromatic rings. The number of hydrogen-bond acceptors (Lipinski definition) is 2. The topological polar surface area (TPSA) is 26.3 Å². The van der Waals surface area contributed by atoms with Crippen LogP contribution in [0.2, 0.25) is 0 Å². The third kappa shape index (κ3) is 2.08. The molecule has 0 spiro atoms. The minimum absolute atomic E-state index is 0.0329. The Morgan fingerprint density at radius 1 is 1.64 bits per heavy atom. The van der Waals surface area contributed by atoms with Crippen LogP contribution in [0.3, 0.4) is 0 Å². The fraction of sp³-hybridized carbons (Fsp3) is 1.00. The Balaban J connectivity index is 2.65. The second-order valence-corrected chi connectivity index (χ2v) is 7.58. The zero-order valence-electron chi connectivity index (χ0n) is 7.21. The van der Waals surface area contributed by atoms with Crippen molar-refractivity contribution >= 4 is 30.4 Å². The maximum Gasteiger partial charge on any atom is 0.300 e. The highest BCUT2D eigenvalue weighted by atomic mass is 35.5. The molecule has 0 radical (unpaired) electrons. The van der Waals surface area contributed by atoms with Gasteiger partial charge in [0, 0.05) is 12.6 Å². The molecule has 0 aliphatic heterocycles. The second-order valence-electron chi connectivity index (χ2n) is 3.08. The Labute approximate surface area is 89.8 Å². The highest BCUT2D eigenvalue weighted by Crippen LogP contribution is 2.62.